The molecule has 0 saturated carbocycles. The van der Waals surface area contributed by atoms with Crippen LogP contribution in [0.25, 0.3) is 10.2 Å². The maximum Gasteiger partial charge on any atom is 0.249 e. The molecule has 0 spiro atoms. The predicted octanol–water partition coefficient (Wildman–Crippen LogP) is -0.242. The Labute approximate surface area is 100 Å². The summed E-state index contributed by atoms with van der Waals surface area (Å²) in [6.45, 7) is 0. The lowest BCUT2D eigenvalue weighted by Crippen LogP contribution is -2.33. The number of rotatable bonds is 3. The number of hydrogen-bond donors (Lipinski definition) is 4. The maximum atomic E-state index is 10.8. The largest absolute Gasteiger partial charge is 0.385 e. The lowest BCUT2D eigenvalue weighted by Gasteiger charge is -2.14. The van der Waals surface area contributed by atoms with E-state index in [2.05, 4.69) is 4.98 Å². The van der Waals surface area contributed by atoms with Gasteiger partial charge in [0.2, 0.25) is 5.91 Å². The van der Waals surface area contributed by atoms with E-state index in [1.807, 2.05) is 0 Å². The number of primary amides is 1. The summed E-state index contributed by atoms with van der Waals surface area (Å²) in [5.41, 5.74) is 11.4. The van der Waals surface area contributed by atoms with Crippen molar-refractivity contribution >= 4 is 32.6 Å². The zero-order chi connectivity index (χ0) is 12.6. The number of carbonyl (C=O) groups excluding carboxylic acids is 1. The summed E-state index contributed by atoms with van der Waals surface area (Å²) in [5.74, 6) is -0.976. The lowest BCUT2D eigenvalue weighted by molar-refractivity contribution is -0.131. The van der Waals surface area contributed by atoms with Gasteiger partial charge in [-0.3, -0.25) is 4.79 Å². The number of hydrogen-bond acceptors (Lipinski definition) is 6. The second kappa shape index (κ2) is 4.28. The van der Waals surface area contributed by atoms with Gasteiger partial charge in [0.05, 0.1) is 10.2 Å². The Hall–Kier alpha value is -1.70. The second-order valence-electron chi connectivity index (χ2n) is 3.57. The molecule has 2 unspecified atom stereocenters. The normalized spacial score (nSPS) is 14.7. The minimum atomic E-state index is -1.64. The summed E-state index contributed by atoms with van der Waals surface area (Å²) in [7, 11) is 0. The van der Waals surface area contributed by atoms with Gasteiger partial charge in [0.15, 0.2) is 11.2 Å². The molecule has 1 amide bonds. The number of carbonyl (C=O) groups is 1. The fourth-order valence-electron chi connectivity index (χ4n) is 1.48. The van der Waals surface area contributed by atoms with Crippen molar-refractivity contribution in [3.8, 4) is 0 Å². The molecule has 2 aromatic rings. The van der Waals surface area contributed by atoms with Crippen LogP contribution in [0, 0.1) is 0 Å². The summed E-state index contributed by atoms with van der Waals surface area (Å²) in [4.78, 5) is 14.8. The second-order valence-corrected chi connectivity index (χ2v) is 4.63. The number of aliphatic hydroxyl groups is 2. The lowest BCUT2D eigenvalue weighted by atomic mass is 10.0. The first-order chi connectivity index (χ1) is 7.99. The predicted molar refractivity (Wildman–Crippen MR) is 64.2 cm³/mol. The minimum Gasteiger partial charge on any atom is -0.385 e. The first-order valence-electron chi connectivity index (χ1n) is 4.80. The average molecular weight is 253 g/mol. The van der Waals surface area contributed by atoms with Gasteiger partial charge in [0, 0.05) is 0 Å². The number of benzene rings is 1. The van der Waals surface area contributed by atoms with Gasteiger partial charge in [0.25, 0.3) is 0 Å². The third-order valence-electron chi connectivity index (χ3n) is 2.36. The summed E-state index contributed by atoms with van der Waals surface area (Å²) >= 11 is 1.32. The van der Waals surface area contributed by atoms with E-state index in [1.54, 1.807) is 18.2 Å². The molecule has 0 radical (unpaired) electrons. The molecule has 0 fully saturated rings. The Bertz CT molecular complexity index is 569. The molecule has 0 aliphatic heterocycles. The third-order valence-corrected chi connectivity index (χ3v) is 3.23. The van der Waals surface area contributed by atoms with Crippen molar-refractivity contribution in [1.29, 1.82) is 0 Å². The molecule has 1 aromatic heterocycles. The van der Waals surface area contributed by atoms with Crippen LogP contribution in [0.4, 0.5) is 5.13 Å². The van der Waals surface area contributed by atoms with Gasteiger partial charge in [-0.2, -0.15) is 0 Å². The number of nitrogens with zero attached hydrogens (tertiary/aromatic N) is 1. The highest BCUT2D eigenvalue weighted by Crippen LogP contribution is 2.27. The van der Waals surface area contributed by atoms with E-state index in [0.29, 0.717) is 16.2 Å². The Balaban J connectivity index is 2.38. The number of thiazole rings is 1. The molecule has 6 N–H and O–H groups in total. The van der Waals surface area contributed by atoms with E-state index < -0.39 is 18.1 Å². The SMILES string of the molecule is NC(=O)C(O)C(O)c1ccc2sc(N)nc2c1. The van der Waals surface area contributed by atoms with Crippen molar-refractivity contribution in [2.75, 3.05) is 5.73 Å². The molecule has 6 nitrogen and oxygen atoms in total. The van der Waals surface area contributed by atoms with E-state index in [-0.39, 0.29) is 0 Å². The highest BCUT2D eigenvalue weighted by atomic mass is 32.1. The van der Waals surface area contributed by atoms with Crippen LogP contribution in [-0.4, -0.2) is 27.2 Å². The first kappa shape index (κ1) is 11.8. The average Bonchev–Trinajstić information content (AvgIpc) is 2.65. The van der Waals surface area contributed by atoms with Crippen molar-refractivity contribution in [1.82, 2.24) is 4.98 Å². The number of amides is 1. The molecule has 2 atom stereocenters. The fraction of sp³-hybridized carbons (Fsp3) is 0.200. The monoisotopic (exact) mass is 253 g/mol. The van der Waals surface area contributed by atoms with Crippen LogP contribution in [0.2, 0.25) is 0 Å². The van der Waals surface area contributed by atoms with Crippen LogP contribution in [0.5, 0.6) is 0 Å². The quantitative estimate of drug-likeness (QED) is 0.601. The van der Waals surface area contributed by atoms with Gasteiger partial charge in [-0.05, 0) is 17.7 Å². The van der Waals surface area contributed by atoms with E-state index in [1.165, 1.54) is 11.3 Å². The fourth-order valence-corrected chi connectivity index (χ4v) is 2.20. The summed E-state index contributed by atoms with van der Waals surface area (Å²) in [6.07, 6.45) is -3.00. The van der Waals surface area contributed by atoms with Crippen molar-refractivity contribution < 1.29 is 15.0 Å². The van der Waals surface area contributed by atoms with Crippen molar-refractivity contribution in [2.24, 2.45) is 5.73 Å². The molecule has 1 aromatic carbocycles. The number of aromatic nitrogens is 1. The molecular weight excluding hydrogens is 242 g/mol. The molecular formula is C10H11N3O3S. The van der Waals surface area contributed by atoms with E-state index in [4.69, 9.17) is 11.5 Å². The van der Waals surface area contributed by atoms with Gasteiger partial charge >= 0.3 is 0 Å². The number of fused-ring (bicyclic) bond motifs is 1. The first-order valence-corrected chi connectivity index (χ1v) is 5.62. The Morgan fingerprint density at radius 1 is 1.41 bits per heavy atom. The zero-order valence-corrected chi connectivity index (χ0v) is 9.52. The van der Waals surface area contributed by atoms with Gasteiger partial charge in [-0.1, -0.05) is 17.4 Å². The topological polar surface area (TPSA) is 122 Å². The molecule has 0 aliphatic carbocycles. The smallest absolute Gasteiger partial charge is 0.249 e. The van der Waals surface area contributed by atoms with Gasteiger partial charge < -0.3 is 21.7 Å². The van der Waals surface area contributed by atoms with Gasteiger partial charge in [0.1, 0.15) is 6.10 Å². The molecule has 0 bridgehead atoms. The van der Waals surface area contributed by atoms with Crippen LogP contribution in [0.3, 0.4) is 0 Å². The molecule has 0 saturated heterocycles. The molecule has 17 heavy (non-hydrogen) atoms. The van der Waals surface area contributed by atoms with Crippen LogP contribution in [0.1, 0.15) is 11.7 Å². The number of nitrogen functional groups attached to an aromatic ring is 1. The molecule has 90 valence electrons. The summed E-state index contributed by atoms with van der Waals surface area (Å²) < 4.78 is 0.868. The van der Waals surface area contributed by atoms with Crippen molar-refractivity contribution in [3.05, 3.63) is 23.8 Å². The van der Waals surface area contributed by atoms with Crippen LogP contribution in [0.15, 0.2) is 18.2 Å². The highest BCUT2D eigenvalue weighted by Gasteiger charge is 2.23. The van der Waals surface area contributed by atoms with Crippen LogP contribution in [-0.2, 0) is 4.79 Å². The third kappa shape index (κ3) is 2.21. The molecule has 7 heteroatoms. The number of aliphatic hydroxyl groups excluding tert-OH is 2. The standard InChI is InChI=1S/C10H11N3O3S/c11-9(16)8(15)7(14)4-1-2-6-5(3-4)13-10(12)17-6/h1-3,7-8,14-15H,(H2,11,16)(H2,12,13). The van der Waals surface area contributed by atoms with E-state index in [0.717, 1.165) is 4.70 Å². The Morgan fingerprint density at radius 3 is 2.76 bits per heavy atom. The maximum absolute atomic E-state index is 10.8. The molecule has 2 rings (SSSR count). The van der Waals surface area contributed by atoms with Crippen LogP contribution >= 0.6 is 11.3 Å². The van der Waals surface area contributed by atoms with E-state index in [9.17, 15) is 15.0 Å². The zero-order valence-electron chi connectivity index (χ0n) is 8.70. The summed E-state index contributed by atoms with van der Waals surface area (Å²) in [5, 5.41) is 19.5. The van der Waals surface area contributed by atoms with Gasteiger partial charge in [-0.25, -0.2) is 4.98 Å². The molecule has 1 heterocycles. The van der Waals surface area contributed by atoms with Crippen LogP contribution < -0.4 is 11.5 Å². The van der Waals surface area contributed by atoms with Crippen molar-refractivity contribution in [2.45, 2.75) is 12.2 Å². The molecule has 0 aliphatic rings. The van der Waals surface area contributed by atoms with E-state index >= 15 is 0 Å². The Morgan fingerprint density at radius 2 is 2.12 bits per heavy atom. The minimum absolute atomic E-state index is 0.370. The highest BCUT2D eigenvalue weighted by molar-refractivity contribution is 7.22. The number of nitrogens with two attached hydrogens (primary N) is 2. The van der Waals surface area contributed by atoms with Crippen molar-refractivity contribution in [3.63, 3.8) is 0 Å². The Kier molecular flexibility index (Phi) is 2.97. The summed E-state index contributed by atoms with van der Waals surface area (Å²) in [6, 6.07) is 4.88. The van der Waals surface area contributed by atoms with Gasteiger partial charge in [-0.15, -0.1) is 0 Å². The number of anilines is 1.